The molecule has 1 fully saturated rings. The first-order valence-electron chi connectivity index (χ1n) is 10.5. The molecule has 0 spiro atoms. The number of nitrogens with zero attached hydrogens (tertiary/aromatic N) is 1. The monoisotopic (exact) mass is 520 g/mol. The Balaban J connectivity index is 1.49. The van der Waals surface area contributed by atoms with Gasteiger partial charge in [-0.1, -0.05) is 75.2 Å². The number of rotatable bonds is 6. The third-order valence-corrected chi connectivity index (χ3v) is 7.85. The van der Waals surface area contributed by atoms with Crippen molar-refractivity contribution in [2.24, 2.45) is 5.41 Å². The van der Waals surface area contributed by atoms with Crippen molar-refractivity contribution in [3.63, 3.8) is 0 Å². The van der Waals surface area contributed by atoms with Crippen LogP contribution in [0, 0.1) is 5.41 Å². The van der Waals surface area contributed by atoms with Crippen LogP contribution >= 0.6 is 31.9 Å². The van der Waals surface area contributed by atoms with Gasteiger partial charge in [-0.05, 0) is 50.3 Å². The molecule has 4 aliphatic rings. The molecule has 0 radical (unpaired) electrons. The first-order valence-corrected chi connectivity index (χ1v) is 12.1. The van der Waals surface area contributed by atoms with E-state index >= 15 is 0 Å². The number of hydrogen-bond donors (Lipinski definition) is 2. The van der Waals surface area contributed by atoms with Gasteiger partial charge in [-0.15, -0.1) is 0 Å². The van der Waals surface area contributed by atoms with Gasteiger partial charge in [0.15, 0.2) is 0 Å². The fourth-order valence-corrected chi connectivity index (χ4v) is 6.32. The molecule has 4 rings (SSSR count). The fourth-order valence-electron chi connectivity index (χ4n) is 5.30. The highest BCUT2D eigenvalue weighted by Crippen LogP contribution is 2.57. The predicted molar refractivity (Wildman–Crippen MR) is 128 cm³/mol. The lowest BCUT2D eigenvalue weighted by Gasteiger charge is -2.40. The van der Waals surface area contributed by atoms with Gasteiger partial charge < -0.3 is 10.4 Å². The summed E-state index contributed by atoms with van der Waals surface area (Å²) >= 11 is 7.38. The minimum Gasteiger partial charge on any atom is -0.392 e. The smallest absolute Gasteiger partial charge is 0.0684 e. The van der Waals surface area contributed by atoms with Crippen LogP contribution in [0.3, 0.4) is 0 Å². The third-order valence-electron chi connectivity index (χ3n) is 6.81. The summed E-state index contributed by atoms with van der Waals surface area (Å²) in [7, 11) is 0. The molecule has 2 N–H and O–H groups in total. The number of aliphatic hydroxyl groups is 1. The molecule has 1 saturated heterocycles. The molecule has 1 aliphatic heterocycles. The highest BCUT2D eigenvalue weighted by Gasteiger charge is 2.58. The van der Waals surface area contributed by atoms with Crippen LogP contribution in [0.4, 0.5) is 0 Å². The lowest BCUT2D eigenvalue weighted by Crippen LogP contribution is -2.50. The molecule has 3 aliphatic carbocycles. The molecule has 29 heavy (non-hydrogen) atoms. The molecule has 5 heteroatoms. The number of nitrogens with one attached hydrogen (secondary N) is 1. The van der Waals surface area contributed by atoms with Crippen molar-refractivity contribution >= 4 is 31.9 Å². The van der Waals surface area contributed by atoms with Gasteiger partial charge in [-0.3, -0.25) is 4.90 Å². The van der Waals surface area contributed by atoms with Crippen LogP contribution in [-0.2, 0) is 0 Å². The zero-order valence-corrected chi connectivity index (χ0v) is 20.3. The van der Waals surface area contributed by atoms with Crippen LogP contribution in [0.25, 0.3) is 0 Å². The number of allylic oxidation sites excluding steroid dienone is 7. The van der Waals surface area contributed by atoms with E-state index in [1.54, 1.807) is 0 Å². The molecular formula is C24H30Br2N2O. The average Bonchev–Trinajstić information content (AvgIpc) is 2.87. The Labute approximate surface area is 191 Å². The third kappa shape index (κ3) is 4.04. The highest BCUT2D eigenvalue weighted by atomic mass is 79.9. The standard InChI is InChI=1S/C24H30Br2N2O/c1-23-15-18(26)8-9-22(23)28(24(2)12-10-17(25)14-21(23)24)16-20(29)11-13-27-19-6-4-3-5-7-19/h4,6-10,14-15,20,22,27,29H,3,5,11-13,16H2,1-2H3. The van der Waals surface area contributed by atoms with Crippen molar-refractivity contribution in [2.75, 3.05) is 13.1 Å². The summed E-state index contributed by atoms with van der Waals surface area (Å²) in [5.74, 6) is 0. The van der Waals surface area contributed by atoms with Gasteiger partial charge in [0, 0.05) is 44.7 Å². The molecule has 0 saturated carbocycles. The quantitative estimate of drug-likeness (QED) is 0.486. The van der Waals surface area contributed by atoms with Gasteiger partial charge in [-0.2, -0.15) is 0 Å². The van der Waals surface area contributed by atoms with E-state index in [9.17, 15) is 5.11 Å². The molecule has 0 bridgehead atoms. The van der Waals surface area contributed by atoms with E-state index in [4.69, 9.17) is 0 Å². The molecule has 3 nitrogen and oxygen atoms in total. The number of β-amino-alcohol motifs (C(OH)–C–C–N with tert-alkyl or cyclic N) is 1. The van der Waals surface area contributed by atoms with Gasteiger partial charge in [0.2, 0.25) is 0 Å². The Kier molecular flexibility index (Phi) is 6.14. The van der Waals surface area contributed by atoms with Crippen LogP contribution in [0.1, 0.15) is 39.5 Å². The van der Waals surface area contributed by atoms with Crippen LogP contribution in [0.5, 0.6) is 0 Å². The van der Waals surface area contributed by atoms with Crippen LogP contribution in [0.2, 0.25) is 0 Å². The summed E-state index contributed by atoms with van der Waals surface area (Å²) in [4.78, 5) is 2.52. The maximum absolute atomic E-state index is 10.9. The zero-order valence-electron chi connectivity index (χ0n) is 17.2. The minimum absolute atomic E-state index is 0.0781. The van der Waals surface area contributed by atoms with Crippen molar-refractivity contribution < 1.29 is 5.11 Å². The van der Waals surface area contributed by atoms with Crippen molar-refractivity contribution in [2.45, 2.75) is 57.2 Å². The number of aliphatic hydroxyl groups excluding tert-OH is 1. The van der Waals surface area contributed by atoms with Crippen LogP contribution < -0.4 is 5.32 Å². The van der Waals surface area contributed by atoms with Gasteiger partial charge in [0.1, 0.15) is 0 Å². The molecule has 0 aromatic carbocycles. The first-order chi connectivity index (χ1) is 13.8. The molecule has 156 valence electrons. The van der Waals surface area contributed by atoms with Crippen LogP contribution in [-0.4, -0.2) is 40.8 Å². The second-order valence-electron chi connectivity index (χ2n) is 8.90. The zero-order chi connectivity index (χ0) is 20.6. The van der Waals surface area contributed by atoms with Gasteiger partial charge in [0.05, 0.1) is 6.10 Å². The number of hydrogen-bond acceptors (Lipinski definition) is 3. The van der Waals surface area contributed by atoms with E-state index < -0.39 is 0 Å². The largest absolute Gasteiger partial charge is 0.392 e. The molecule has 4 atom stereocenters. The summed E-state index contributed by atoms with van der Waals surface area (Å²) in [5, 5.41) is 14.4. The molecule has 0 aromatic heterocycles. The number of fused-ring (bicyclic) bond motifs is 3. The van der Waals surface area contributed by atoms with Gasteiger partial charge >= 0.3 is 0 Å². The summed E-state index contributed by atoms with van der Waals surface area (Å²) in [6.07, 6.45) is 21.5. The molecule has 1 heterocycles. The molecule has 0 aromatic rings. The first kappa shape index (κ1) is 21.4. The molecule has 4 unspecified atom stereocenters. The van der Waals surface area contributed by atoms with E-state index in [2.05, 4.69) is 105 Å². The summed E-state index contributed by atoms with van der Waals surface area (Å²) in [5.41, 5.74) is 2.44. The van der Waals surface area contributed by atoms with Crippen molar-refractivity contribution in [3.05, 3.63) is 68.8 Å². The maximum atomic E-state index is 10.9. The Morgan fingerprint density at radius 2 is 2.03 bits per heavy atom. The Morgan fingerprint density at radius 1 is 1.21 bits per heavy atom. The van der Waals surface area contributed by atoms with E-state index in [1.165, 1.54) is 11.3 Å². The van der Waals surface area contributed by atoms with Gasteiger partial charge in [-0.25, -0.2) is 0 Å². The Bertz CT molecular complexity index is 853. The predicted octanol–water partition coefficient (Wildman–Crippen LogP) is 5.47. The lowest BCUT2D eigenvalue weighted by molar-refractivity contribution is 0.0543. The summed E-state index contributed by atoms with van der Waals surface area (Å²) < 4.78 is 2.29. The van der Waals surface area contributed by atoms with E-state index in [-0.39, 0.29) is 23.1 Å². The molecule has 0 amide bonds. The maximum Gasteiger partial charge on any atom is 0.0684 e. The summed E-state index contributed by atoms with van der Waals surface area (Å²) in [6, 6.07) is 0.249. The Morgan fingerprint density at radius 3 is 2.79 bits per heavy atom. The van der Waals surface area contributed by atoms with E-state index in [0.29, 0.717) is 6.54 Å². The normalized spacial score (nSPS) is 34.6. The van der Waals surface area contributed by atoms with Crippen LogP contribution in [0.15, 0.2) is 68.8 Å². The minimum atomic E-state index is -0.367. The topological polar surface area (TPSA) is 35.5 Å². The van der Waals surface area contributed by atoms with E-state index in [1.807, 2.05) is 0 Å². The number of halogens is 2. The molecular weight excluding hydrogens is 492 g/mol. The average molecular weight is 522 g/mol. The summed E-state index contributed by atoms with van der Waals surface area (Å²) in [6.45, 7) is 6.12. The van der Waals surface area contributed by atoms with Crippen molar-refractivity contribution in [3.8, 4) is 0 Å². The Hall–Kier alpha value is -0.880. The van der Waals surface area contributed by atoms with Crippen molar-refractivity contribution in [1.29, 1.82) is 0 Å². The fraction of sp³-hybridized carbons (Fsp3) is 0.500. The lowest BCUT2D eigenvalue weighted by atomic mass is 9.70. The van der Waals surface area contributed by atoms with Gasteiger partial charge in [0.25, 0.3) is 0 Å². The SMILES string of the molecule is CC12C=C(Br)C=CC1N(CC(O)CCNC1=CCCC=C1)C1(C)CC=C(Br)C=C21. The second kappa shape index (κ2) is 8.33. The highest BCUT2D eigenvalue weighted by molar-refractivity contribution is 9.12. The van der Waals surface area contributed by atoms with E-state index in [0.717, 1.165) is 41.2 Å². The second-order valence-corrected chi connectivity index (χ2v) is 10.7. The number of likely N-dealkylation sites (tertiary alicyclic amines) is 1. The van der Waals surface area contributed by atoms with Crippen molar-refractivity contribution in [1.82, 2.24) is 10.2 Å².